The van der Waals surface area contributed by atoms with Gasteiger partial charge in [-0.2, -0.15) is 0 Å². The van der Waals surface area contributed by atoms with Gasteiger partial charge in [0.05, 0.1) is 6.61 Å². The number of aromatic nitrogens is 1. The Balaban J connectivity index is 2.32. The van der Waals surface area contributed by atoms with Gasteiger partial charge in [0.1, 0.15) is 11.6 Å². The number of nitrogens with zero attached hydrogens (tertiary/aromatic N) is 1. The van der Waals surface area contributed by atoms with Crippen molar-refractivity contribution in [1.29, 1.82) is 0 Å². The predicted octanol–water partition coefficient (Wildman–Crippen LogP) is 3.72. The van der Waals surface area contributed by atoms with Crippen molar-refractivity contribution in [1.82, 2.24) is 4.98 Å². The first kappa shape index (κ1) is 13.8. The average Bonchev–Trinajstić information content (AvgIpc) is 2.32. The first-order valence-electron chi connectivity index (χ1n) is 6.55. The Hall–Kier alpha value is -1.25. The number of hydrogen-bond acceptors (Lipinski definition) is 3. The summed E-state index contributed by atoms with van der Waals surface area (Å²) in [6.45, 7) is 8.34. The standard InChI is InChI=1S/C14H24N2O/c1-4-8-15-14-11-13(7-9-16-14)17-10-5-6-12(2)3/h7,9,11-12H,4-6,8,10H2,1-3H3,(H,15,16). The molecule has 3 heteroatoms. The van der Waals surface area contributed by atoms with Gasteiger partial charge in [-0.05, 0) is 31.2 Å². The molecule has 0 saturated heterocycles. The van der Waals surface area contributed by atoms with Crippen LogP contribution < -0.4 is 10.1 Å². The van der Waals surface area contributed by atoms with Crippen molar-refractivity contribution in [2.24, 2.45) is 5.92 Å². The van der Waals surface area contributed by atoms with Crippen LogP contribution in [-0.2, 0) is 0 Å². The van der Waals surface area contributed by atoms with Crippen LogP contribution in [0.5, 0.6) is 5.75 Å². The van der Waals surface area contributed by atoms with Gasteiger partial charge < -0.3 is 10.1 Å². The summed E-state index contributed by atoms with van der Waals surface area (Å²) in [5.41, 5.74) is 0. The zero-order valence-corrected chi connectivity index (χ0v) is 11.2. The third-order valence-electron chi connectivity index (χ3n) is 2.48. The van der Waals surface area contributed by atoms with Gasteiger partial charge >= 0.3 is 0 Å². The third kappa shape index (κ3) is 6.15. The molecule has 0 saturated carbocycles. The van der Waals surface area contributed by atoms with E-state index in [0.29, 0.717) is 0 Å². The van der Waals surface area contributed by atoms with E-state index in [-0.39, 0.29) is 0 Å². The molecule has 0 bridgehead atoms. The first-order valence-corrected chi connectivity index (χ1v) is 6.55. The van der Waals surface area contributed by atoms with Gasteiger partial charge in [-0.25, -0.2) is 4.98 Å². The van der Waals surface area contributed by atoms with E-state index in [0.717, 1.165) is 43.5 Å². The lowest BCUT2D eigenvalue weighted by molar-refractivity contribution is 0.297. The largest absolute Gasteiger partial charge is 0.493 e. The number of anilines is 1. The normalized spacial score (nSPS) is 10.6. The summed E-state index contributed by atoms with van der Waals surface area (Å²) in [5, 5.41) is 3.25. The van der Waals surface area contributed by atoms with Crippen LogP contribution in [0, 0.1) is 5.92 Å². The van der Waals surface area contributed by atoms with E-state index >= 15 is 0 Å². The second kappa shape index (κ2) is 7.93. The molecule has 0 unspecified atom stereocenters. The van der Waals surface area contributed by atoms with Crippen LogP contribution in [0.1, 0.15) is 40.0 Å². The van der Waals surface area contributed by atoms with Crippen molar-refractivity contribution in [3.05, 3.63) is 18.3 Å². The lowest BCUT2D eigenvalue weighted by atomic mass is 10.1. The van der Waals surface area contributed by atoms with E-state index in [1.807, 2.05) is 12.1 Å². The topological polar surface area (TPSA) is 34.1 Å². The van der Waals surface area contributed by atoms with Crippen LogP contribution in [0.15, 0.2) is 18.3 Å². The zero-order valence-electron chi connectivity index (χ0n) is 11.2. The van der Waals surface area contributed by atoms with Crippen molar-refractivity contribution in [3.8, 4) is 5.75 Å². The van der Waals surface area contributed by atoms with Crippen molar-refractivity contribution >= 4 is 5.82 Å². The molecule has 0 aliphatic carbocycles. The Morgan fingerprint density at radius 3 is 2.94 bits per heavy atom. The number of pyridine rings is 1. The summed E-state index contributed by atoms with van der Waals surface area (Å²) >= 11 is 0. The molecule has 1 aromatic rings. The SMILES string of the molecule is CCCNc1cc(OCCCC(C)C)ccn1. The van der Waals surface area contributed by atoms with E-state index in [9.17, 15) is 0 Å². The maximum atomic E-state index is 5.70. The molecular weight excluding hydrogens is 212 g/mol. The fraction of sp³-hybridized carbons (Fsp3) is 0.643. The molecule has 96 valence electrons. The molecule has 0 atom stereocenters. The molecule has 3 nitrogen and oxygen atoms in total. The van der Waals surface area contributed by atoms with Crippen LogP contribution in [0.25, 0.3) is 0 Å². The monoisotopic (exact) mass is 236 g/mol. The minimum atomic E-state index is 0.748. The smallest absolute Gasteiger partial charge is 0.129 e. The molecule has 1 N–H and O–H groups in total. The maximum Gasteiger partial charge on any atom is 0.129 e. The molecule has 0 amide bonds. The summed E-state index contributed by atoms with van der Waals surface area (Å²) in [6, 6.07) is 3.87. The number of hydrogen-bond donors (Lipinski definition) is 1. The maximum absolute atomic E-state index is 5.70. The van der Waals surface area contributed by atoms with Gasteiger partial charge in [0, 0.05) is 18.8 Å². The summed E-state index contributed by atoms with van der Waals surface area (Å²) in [7, 11) is 0. The van der Waals surface area contributed by atoms with Gasteiger partial charge in [-0.1, -0.05) is 20.8 Å². The predicted molar refractivity (Wildman–Crippen MR) is 72.6 cm³/mol. The molecule has 1 rings (SSSR count). The van der Waals surface area contributed by atoms with E-state index in [4.69, 9.17) is 4.74 Å². The van der Waals surface area contributed by atoms with Crippen LogP contribution in [0.2, 0.25) is 0 Å². The fourth-order valence-corrected chi connectivity index (χ4v) is 1.53. The molecule has 0 aliphatic heterocycles. The van der Waals surface area contributed by atoms with Crippen LogP contribution in [0.3, 0.4) is 0 Å². The van der Waals surface area contributed by atoms with Crippen LogP contribution >= 0.6 is 0 Å². The first-order chi connectivity index (χ1) is 8.22. The summed E-state index contributed by atoms with van der Waals surface area (Å²) < 4.78 is 5.70. The molecule has 0 spiro atoms. The molecule has 0 fully saturated rings. The molecule has 1 aromatic heterocycles. The van der Waals surface area contributed by atoms with Crippen molar-refractivity contribution in [3.63, 3.8) is 0 Å². The van der Waals surface area contributed by atoms with Gasteiger partial charge in [0.25, 0.3) is 0 Å². The second-order valence-electron chi connectivity index (χ2n) is 4.69. The summed E-state index contributed by atoms with van der Waals surface area (Å²) in [4.78, 5) is 4.24. The Bertz CT molecular complexity index is 313. The minimum Gasteiger partial charge on any atom is -0.493 e. The molecule has 0 aromatic carbocycles. The van der Waals surface area contributed by atoms with Crippen molar-refractivity contribution < 1.29 is 4.74 Å². The minimum absolute atomic E-state index is 0.748. The molecular formula is C14H24N2O. The molecule has 17 heavy (non-hydrogen) atoms. The molecule has 0 aliphatic rings. The summed E-state index contributed by atoms with van der Waals surface area (Å²) in [6.07, 6.45) is 5.21. The lowest BCUT2D eigenvalue weighted by Gasteiger charge is -2.09. The summed E-state index contributed by atoms with van der Waals surface area (Å²) in [5.74, 6) is 2.55. The van der Waals surface area contributed by atoms with Gasteiger partial charge in [0.15, 0.2) is 0 Å². The second-order valence-corrected chi connectivity index (χ2v) is 4.69. The van der Waals surface area contributed by atoms with Crippen LogP contribution in [-0.4, -0.2) is 18.1 Å². The Morgan fingerprint density at radius 1 is 1.41 bits per heavy atom. The molecule has 0 radical (unpaired) electrons. The number of ether oxygens (including phenoxy) is 1. The average molecular weight is 236 g/mol. The highest BCUT2D eigenvalue weighted by molar-refractivity contribution is 5.40. The van der Waals surface area contributed by atoms with Crippen molar-refractivity contribution in [2.75, 3.05) is 18.5 Å². The Kier molecular flexibility index (Phi) is 6.45. The van der Waals surface area contributed by atoms with E-state index in [1.165, 1.54) is 6.42 Å². The fourth-order valence-electron chi connectivity index (χ4n) is 1.53. The van der Waals surface area contributed by atoms with Gasteiger partial charge in [-0.15, -0.1) is 0 Å². The highest BCUT2D eigenvalue weighted by Gasteiger charge is 1.98. The quantitative estimate of drug-likeness (QED) is 0.698. The Morgan fingerprint density at radius 2 is 2.24 bits per heavy atom. The lowest BCUT2D eigenvalue weighted by Crippen LogP contribution is -2.03. The van der Waals surface area contributed by atoms with Crippen molar-refractivity contribution in [2.45, 2.75) is 40.0 Å². The van der Waals surface area contributed by atoms with Gasteiger partial charge in [0.2, 0.25) is 0 Å². The highest BCUT2D eigenvalue weighted by atomic mass is 16.5. The van der Waals surface area contributed by atoms with E-state index in [1.54, 1.807) is 6.20 Å². The van der Waals surface area contributed by atoms with E-state index in [2.05, 4.69) is 31.1 Å². The van der Waals surface area contributed by atoms with Gasteiger partial charge in [-0.3, -0.25) is 0 Å². The number of rotatable bonds is 8. The highest BCUT2D eigenvalue weighted by Crippen LogP contribution is 2.15. The van der Waals surface area contributed by atoms with E-state index < -0.39 is 0 Å². The van der Waals surface area contributed by atoms with Crippen LogP contribution in [0.4, 0.5) is 5.82 Å². The Labute approximate surface area is 105 Å². The third-order valence-corrected chi connectivity index (χ3v) is 2.48. The molecule has 1 heterocycles. The number of nitrogens with one attached hydrogen (secondary N) is 1. The zero-order chi connectivity index (χ0) is 12.5.